The summed E-state index contributed by atoms with van der Waals surface area (Å²) in [5.41, 5.74) is 0.841. The number of fused-ring (bicyclic) bond motifs is 1. The van der Waals surface area contributed by atoms with Gasteiger partial charge in [-0.05, 0) is 24.8 Å². The fourth-order valence-electron chi connectivity index (χ4n) is 1.25. The second-order valence-corrected chi connectivity index (χ2v) is 7.11. The van der Waals surface area contributed by atoms with Crippen molar-refractivity contribution in [3.8, 4) is 5.40 Å². The third-order valence-electron chi connectivity index (χ3n) is 1.98. The van der Waals surface area contributed by atoms with Gasteiger partial charge in [-0.3, -0.25) is 0 Å². The molecule has 8 heteroatoms. The number of thioether (sulfide) groups is 2. The van der Waals surface area contributed by atoms with Crippen LogP contribution >= 0.6 is 58.3 Å². The van der Waals surface area contributed by atoms with Crippen molar-refractivity contribution < 1.29 is 4.42 Å². The lowest BCUT2D eigenvalue weighted by atomic mass is 10.3. The van der Waals surface area contributed by atoms with Crippen molar-refractivity contribution in [2.45, 2.75) is 16.7 Å². The summed E-state index contributed by atoms with van der Waals surface area (Å²) in [6.07, 6.45) is 0. The molecule has 1 unspecified atom stereocenters. The molecule has 0 aliphatic heterocycles. The molecule has 1 heterocycles. The van der Waals surface area contributed by atoms with Gasteiger partial charge in [-0.15, -0.1) is 0 Å². The molecule has 1 aromatic carbocycles. The van der Waals surface area contributed by atoms with Gasteiger partial charge in [0, 0.05) is 0 Å². The lowest BCUT2D eigenvalue weighted by Gasteiger charge is -1.99. The van der Waals surface area contributed by atoms with E-state index in [1.807, 2.05) is 12.3 Å². The highest BCUT2D eigenvalue weighted by Gasteiger charge is 2.17. The monoisotopic (exact) mass is 338 g/mol. The lowest BCUT2D eigenvalue weighted by molar-refractivity contribution is 0.489. The van der Waals surface area contributed by atoms with E-state index in [1.54, 1.807) is 0 Å². The molecule has 18 heavy (non-hydrogen) atoms. The maximum Gasteiger partial charge on any atom is 0.257 e. The van der Waals surface area contributed by atoms with Crippen LogP contribution in [0.15, 0.2) is 15.7 Å². The smallest absolute Gasteiger partial charge is 0.257 e. The normalized spacial score (nSPS) is 12.6. The van der Waals surface area contributed by atoms with Gasteiger partial charge in [-0.1, -0.05) is 46.6 Å². The molecular formula is C10H5Cl3N2OS2. The van der Waals surface area contributed by atoms with E-state index in [4.69, 9.17) is 44.5 Å². The van der Waals surface area contributed by atoms with Crippen molar-refractivity contribution in [2.75, 3.05) is 0 Å². The summed E-state index contributed by atoms with van der Waals surface area (Å²) < 4.78 is 5.50. The molecule has 2 aromatic rings. The number of thiocyanates is 1. The van der Waals surface area contributed by atoms with Crippen LogP contribution in [-0.2, 0) is 0 Å². The summed E-state index contributed by atoms with van der Waals surface area (Å²) in [6, 6.07) is 1.53. The van der Waals surface area contributed by atoms with Gasteiger partial charge < -0.3 is 4.42 Å². The van der Waals surface area contributed by atoms with Gasteiger partial charge in [-0.25, -0.2) is 4.98 Å². The highest BCUT2D eigenvalue weighted by molar-refractivity contribution is 8.19. The summed E-state index contributed by atoms with van der Waals surface area (Å²) in [6.45, 7) is 1.88. The van der Waals surface area contributed by atoms with Gasteiger partial charge >= 0.3 is 0 Å². The van der Waals surface area contributed by atoms with Crippen molar-refractivity contribution in [2.24, 2.45) is 0 Å². The Morgan fingerprint density at radius 1 is 1.39 bits per heavy atom. The number of nitriles is 1. The van der Waals surface area contributed by atoms with Crippen molar-refractivity contribution >= 4 is 69.4 Å². The Kier molecular flexibility index (Phi) is 4.57. The molecule has 2 rings (SSSR count). The average molecular weight is 340 g/mol. The van der Waals surface area contributed by atoms with Crippen LogP contribution < -0.4 is 0 Å². The molecule has 0 spiro atoms. The lowest BCUT2D eigenvalue weighted by Crippen LogP contribution is -1.85. The van der Waals surface area contributed by atoms with Crippen LogP contribution in [0.4, 0.5) is 0 Å². The van der Waals surface area contributed by atoms with Gasteiger partial charge in [0.25, 0.3) is 5.22 Å². The van der Waals surface area contributed by atoms with Crippen molar-refractivity contribution in [1.29, 1.82) is 5.26 Å². The van der Waals surface area contributed by atoms with E-state index < -0.39 is 0 Å². The van der Waals surface area contributed by atoms with E-state index in [0.29, 0.717) is 26.4 Å². The summed E-state index contributed by atoms with van der Waals surface area (Å²) in [7, 11) is 0. The summed E-state index contributed by atoms with van der Waals surface area (Å²) in [5, 5.41) is 12.0. The van der Waals surface area contributed by atoms with Gasteiger partial charge in [0.05, 0.1) is 14.6 Å². The summed E-state index contributed by atoms with van der Waals surface area (Å²) in [4.78, 5) is 4.23. The zero-order valence-corrected chi connectivity index (χ0v) is 12.8. The zero-order chi connectivity index (χ0) is 13.3. The molecule has 1 atom stereocenters. The molecule has 0 saturated heterocycles. The Morgan fingerprint density at radius 2 is 2.11 bits per heavy atom. The number of nitrogens with zero attached hydrogens (tertiary/aromatic N) is 2. The van der Waals surface area contributed by atoms with Crippen molar-refractivity contribution in [3.63, 3.8) is 0 Å². The summed E-state index contributed by atoms with van der Waals surface area (Å²) in [5.74, 6) is 0. The molecule has 0 aliphatic rings. The Balaban J connectivity index is 2.42. The quantitative estimate of drug-likeness (QED) is 0.322. The van der Waals surface area contributed by atoms with Gasteiger partial charge in [0.15, 0.2) is 5.58 Å². The Labute approximate surface area is 127 Å². The maximum atomic E-state index is 8.57. The number of rotatable bonds is 3. The first-order valence-electron chi connectivity index (χ1n) is 4.68. The van der Waals surface area contributed by atoms with Crippen molar-refractivity contribution in [3.05, 3.63) is 21.1 Å². The standard InChI is InChI=1S/C10H5Cl3N2OS2/c1-4(17-3-14)18-10-15-8-6(12)2-5(11)7(13)9(8)16-10/h2,4H,1H3. The predicted molar refractivity (Wildman–Crippen MR) is 77.6 cm³/mol. The van der Waals surface area contributed by atoms with Crippen LogP contribution in [-0.4, -0.2) is 9.57 Å². The highest BCUT2D eigenvalue weighted by Crippen LogP contribution is 2.39. The Morgan fingerprint density at radius 3 is 2.78 bits per heavy atom. The SMILES string of the molecule is CC(SC#N)Sc1nc2c(Cl)cc(Cl)c(Cl)c2o1. The number of oxazole rings is 1. The second kappa shape index (κ2) is 5.81. The number of aromatic nitrogens is 1. The van der Waals surface area contributed by atoms with E-state index in [1.165, 1.54) is 17.8 Å². The average Bonchev–Trinajstić information content (AvgIpc) is 2.71. The van der Waals surface area contributed by atoms with Crippen LogP contribution in [0.25, 0.3) is 11.1 Å². The minimum Gasteiger partial charge on any atom is -0.430 e. The molecule has 3 nitrogen and oxygen atoms in total. The van der Waals surface area contributed by atoms with E-state index >= 15 is 0 Å². The highest BCUT2D eigenvalue weighted by atomic mass is 35.5. The van der Waals surface area contributed by atoms with E-state index in [-0.39, 0.29) is 9.60 Å². The minimum atomic E-state index is -0.00362. The molecule has 0 fully saturated rings. The molecule has 0 radical (unpaired) electrons. The largest absolute Gasteiger partial charge is 0.430 e. The molecule has 0 saturated carbocycles. The molecule has 0 amide bonds. The Hall–Kier alpha value is -0.250. The first-order valence-corrected chi connectivity index (χ1v) is 7.57. The van der Waals surface area contributed by atoms with Crippen molar-refractivity contribution in [1.82, 2.24) is 4.98 Å². The second-order valence-electron chi connectivity index (χ2n) is 3.21. The van der Waals surface area contributed by atoms with Crippen LogP contribution in [0.2, 0.25) is 15.1 Å². The number of hydrogen-bond acceptors (Lipinski definition) is 5. The fraction of sp³-hybridized carbons (Fsp3) is 0.200. The third-order valence-corrected chi connectivity index (χ3v) is 4.76. The molecular weight excluding hydrogens is 335 g/mol. The zero-order valence-electron chi connectivity index (χ0n) is 8.91. The number of benzene rings is 1. The van der Waals surface area contributed by atoms with E-state index in [0.717, 1.165) is 11.8 Å². The fourth-order valence-corrected chi connectivity index (χ4v) is 3.20. The molecule has 94 valence electrons. The molecule has 0 bridgehead atoms. The minimum absolute atomic E-state index is 0.00362. The third kappa shape index (κ3) is 2.84. The first-order chi connectivity index (χ1) is 8.52. The van der Waals surface area contributed by atoms with Crippen LogP contribution in [0.5, 0.6) is 0 Å². The van der Waals surface area contributed by atoms with Gasteiger partial charge in [0.2, 0.25) is 0 Å². The van der Waals surface area contributed by atoms with Crippen LogP contribution in [0.3, 0.4) is 0 Å². The van der Waals surface area contributed by atoms with E-state index in [9.17, 15) is 0 Å². The first kappa shape index (κ1) is 14.2. The van der Waals surface area contributed by atoms with Crippen LogP contribution in [0.1, 0.15) is 6.92 Å². The van der Waals surface area contributed by atoms with Gasteiger partial charge in [-0.2, -0.15) is 5.26 Å². The maximum absolute atomic E-state index is 8.57. The molecule has 0 N–H and O–H groups in total. The number of halogens is 3. The Bertz CT molecular complexity index is 638. The van der Waals surface area contributed by atoms with Crippen LogP contribution in [0, 0.1) is 10.7 Å². The van der Waals surface area contributed by atoms with E-state index in [2.05, 4.69) is 4.98 Å². The topological polar surface area (TPSA) is 49.8 Å². The molecule has 1 aromatic heterocycles. The van der Waals surface area contributed by atoms with Gasteiger partial charge in [0.1, 0.15) is 15.9 Å². The summed E-state index contributed by atoms with van der Waals surface area (Å²) >= 11 is 20.4. The predicted octanol–water partition coefficient (Wildman–Crippen LogP) is 5.44. The number of hydrogen-bond donors (Lipinski definition) is 0. The molecule has 0 aliphatic carbocycles.